The molecule has 0 amide bonds. The molecule has 1 aliphatic carbocycles. The molecule has 1 aromatic rings. The van der Waals surface area contributed by atoms with Crippen LogP contribution < -0.4 is 10.5 Å². The monoisotopic (exact) mass is 325 g/mol. The molecule has 0 bridgehead atoms. The van der Waals surface area contributed by atoms with E-state index in [1.807, 2.05) is 19.1 Å². The van der Waals surface area contributed by atoms with Gasteiger partial charge in [0.1, 0.15) is 5.75 Å². The zero-order valence-corrected chi connectivity index (χ0v) is 13.4. The number of ether oxygens (including phenoxy) is 1. The molecular formula is C16H24BrNO. The molecule has 1 aromatic carbocycles. The molecule has 0 aliphatic heterocycles. The minimum Gasteiger partial charge on any atom is -0.490 e. The Morgan fingerprint density at radius 1 is 1.32 bits per heavy atom. The van der Waals surface area contributed by atoms with E-state index in [9.17, 15) is 0 Å². The van der Waals surface area contributed by atoms with Crippen LogP contribution in [0.3, 0.4) is 0 Å². The minimum absolute atomic E-state index is 0.00933. The largest absolute Gasteiger partial charge is 0.490 e. The first-order valence-corrected chi connectivity index (χ1v) is 8.11. The van der Waals surface area contributed by atoms with E-state index in [1.54, 1.807) is 0 Å². The molecule has 2 N–H and O–H groups in total. The Morgan fingerprint density at radius 3 is 2.58 bits per heavy atom. The molecule has 1 saturated carbocycles. The van der Waals surface area contributed by atoms with Crippen molar-refractivity contribution >= 4 is 15.9 Å². The Labute approximate surface area is 124 Å². The second kappa shape index (κ2) is 6.76. The Kier molecular flexibility index (Phi) is 5.28. The van der Waals surface area contributed by atoms with Gasteiger partial charge >= 0.3 is 0 Å². The van der Waals surface area contributed by atoms with Crippen molar-refractivity contribution < 1.29 is 4.74 Å². The van der Waals surface area contributed by atoms with Crippen molar-refractivity contribution in [3.05, 3.63) is 28.2 Å². The lowest BCUT2D eigenvalue weighted by molar-refractivity contribution is 0.128. The van der Waals surface area contributed by atoms with E-state index in [0.717, 1.165) is 21.7 Å². The molecule has 1 fully saturated rings. The van der Waals surface area contributed by atoms with Crippen LogP contribution >= 0.6 is 15.9 Å². The number of benzene rings is 1. The average molecular weight is 326 g/mol. The lowest BCUT2D eigenvalue weighted by atomic mass is 9.86. The molecule has 106 valence electrons. The third-order valence-electron chi connectivity index (χ3n) is 4.13. The van der Waals surface area contributed by atoms with Gasteiger partial charge in [-0.2, -0.15) is 0 Å². The van der Waals surface area contributed by atoms with Gasteiger partial charge < -0.3 is 10.5 Å². The molecule has 2 rings (SSSR count). The van der Waals surface area contributed by atoms with Gasteiger partial charge in [0.15, 0.2) is 0 Å². The van der Waals surface area contributed by atoms with E-state index in [1.165, 1.54) is 32.1 Å². The number of nitrogens with two attached hydrogens (primary N) is 1. The van der Waals surface area contributed by atoms with Gasteiger partial charge in [0.25, 0.3) is 0 Å². The van der Waals surface area contributed by atoms with Crippen LogP contribution in [-0.4, -0.2) is 6.10 Å². The molecule has 2 nitrogen and oxygen atoms in total. The zero-order chi connectivity index (χ0) is 13.8. The first-order valence-electron chi connectivity index (χ1n) is 7.31. The standard InChI is InChI=1S/C16H24BrNO/c1-3-12-4-7-14(8-5-12)19-16-10-13(17)6-9-15(16)11(2)18/h6,9-12,14H,3-5,7-8,18H2,1-2H3/t11-,12?,14?/m0/s1. The lowest BCUT2D eigenvalue weighted by Crippen LogP contribution is -2.24. The third-order valence-corrected chi connectivity index (χ3v) is 4.62. The van der Waals surface area contributed by atoms with Crippen molar-refractivity contribution in [2.45, 2.75) is 58.1 Å². The molecule has 0 spiro atoms. The van der Waals surface area contributed by atoms with Crippen LogP contribution in [0.5, 0.6) is 5.75 Å². The topological polar surface area (TPSA) is 35.2 Å². The van der Waals surface area contributed by atoms with Gasteiger partial charge in [0, 0.05) is 16.1 Å². The highest BCUT2D eigenvalue weighted by Gasteiger charge is 2.22. The Hall–Kier alpha value is -0.540. The Balaban J connectivity index is 2.04. The maximum atomic E-state index is 6.21. The third kappa shape index (κ3) is 3.96. The van der Waals surface area contributed by atoms with Crippen molar-refractivity contribution in [1.82, 2.24) is 0 Å². The normalized spacial score (nSPS) is 25.1. The maximum absolute atomic E-state index is 6.21. The van der Waals surface area contributed by atoms with E-state index < -0.39 is 0 Å². The molecule has 0 heterocycles. The minimum atomic E-state index is 0.00933. The SMILES string of the molecule is CCC1CCC(Oc2cc(Br)ccc2[C@H](C)N)CC1. The average Bonchev–Trinajstić information content (AvgIpc) is 2.39. The quantitative estimate of drug-likeness (QED) is 0.861. The number of halogens is 1. The first-order chi connectivity index (χ1) is 9.10. The van der Waals surface area contributed by atoms with E-state index in [0.29, 0.717) is 6.10 Å². The molecule has 1 atom stereocenters. The van der Waals surface area contributed by atoms with Gasteiger partial charge in [-0.05, 0) is 50.7 Å². The summed E-state index contributed by atoms with van der Waals surface area (Å²) >= 11 is 3.51. The van der Waals surface area contributed by atoms with Crippen molar-refractivity contribution in [3.63, 3.8) is 0 Å². The molecule has 19 heavy (non-hydrogen) atoms. The Morgan fingerprint density at radius 2 is 2.00 bits per heavy atom. The molecule has 0 saturated heterocycles. The number of hydrogen-bond acceptors (Lipinski definition) is 2. The van der Waals surface area contributed by atoms with Crippen molar-refractivity contribution in [3.8, 4) is 5.75 Å². The van der Waals surface area contributed by atoms with Crippen LogP contribution in [0.25, 0.3) is 0 Å². The number of rotatable bonds is 4. The summed E-state index contributed by atoms with van der Waals surface area (Å²) in [7, 11) is 0. The summed E-state index contributed by atoms with van der Waals surface area (Å²) in [6.07, 6.45) is 6.59. The summed E-state index contributed by atoms with van der Waals surface area (Å²) < 4.78 is 7.26. The van der Waals surface area contributed by atoms with Gasteiger partial charge in [-0.1, -0.05) is 35.3 Å². The highest BCUT2D eigenvalue weighted by Crippen LogP contribution is 2.33. The van der Waals surface area contributed by atoms with Gasteiger partial charge in [-0.15, -0.1) is 0 Å². The van der Waals surface area contributed by atoms with Gasteiger partial charge in [0.2, 0.25) is 0 Å². The van der Waals surface area contributed by atoms with Crippen LogP contribution in [0.4, 0.5) is 0 Å². The van der Waals surface area contributed by atoms with E-state index >= 15 is 0 Å². The fourth-order valence-corrected chi connectivity index (χ4v) is 3.16. The maximum Gasteiger partial charge on any atom is 0.125 e. The molecule has 0 aromatic heterocycles. The summed E-state index contributed by atoms with van der Waals surface area (Å²) in [6.45, 7) is 4.29. The fourth-order valence-electron chi connectivity index (χ4n) is 2.82. The molecular weight excluding hydrogens is 302 g/mol. The predicted octanol–water partition coefficient (Wildman–Crippen LogP) is 4.82. The van der Waals surface area contributed by atoms with Crippen molar-refractivity contribution in [2.24, 2.45) is 11.7 Å². The van der Waals surface area contributed by atoms with Crippen LogP contribution in [0.15, 0.2) is 22.7 Å². The van der Waals surface area contributed by atoms with Crippen LogP contribution in [-0.2, 0) is 0 Å². The van der Waals surface area contributed by atoms with Crippen molar-refractivity contribution in [2.75, 3.05) is 0 Å². The summed E-state index contributed by atoms with van der Waals surface area (Å²) in [5.74, 6) is 1.85. The van der Waals surface area contributed by atoms with E-state index in [4.69, 9.17) is 10.5 Å². The highest BCUT2D eigenvalue weighted by atomic mass is 79.9. The zero-order valence-electron chi connectivity index (χ0n) is 11.9. The number of hydrogen-bond donors (Lipinski definition) is 1. The van der Waals surface area contributed by atoms with Crippen LogP contribution in [0, 0.1) is 5.92 Å². The smallest absolute Gasteiger partial charge is 0.125 e. The highest BCUT2D eigenvalue weighted by molar-refractivity contribution is 9.10. The molecule has 3 heteroatoms. The molecule has 1 aliphatic rings. The summed E-state index contributed by atoms with van der Waals surface area (Å²) in [6, 6.07) is 6.14. The van der Waals surface area contributed by atoms with Crippen LogP contribution in [0.2, 0.25) is 0 Å². The van der Waals surface area contributed by atoms with Gasteiger partial charge in [-0.3, -0.25) is 0 Å². The van der Waals surface area contributed by atoms with Crippen LogP contribution in [0.1, 0.15) is 57.6 Å². The fraction of sp³-hybridized carbons (Fsp3) is 0.625. The Bertz CT molecular complexity index is 411. The lowest BCUT2D eigenvalue weighted by Gasteiger charge is -2.29. The predicted molar refractivity (Wildman–Crippen MR) is 83.4 cm³/mol. The second-order valence-electron chi connectivity index (χ2n) is 5.64. The van der Waals surface area contributed by atoms with E-state index in [-0.39, 0.29) is 6.04 Å². The first kappa shape index (κ1) is 14.9. The molecule has 0 unspecified atom stereocenters. The van der Waals surface area contributed by atoms with Gasteiger partial charge in [0.05, 0.1) is 6.10 Å². The van der Waals surface area contributed by atoms with Crippen molar-refractivity contribution in [1.29, 1.82) is 0 Å². The molecule has 0 radical (unpaired) electrons. The second-order valence-corrected chi connectivity index (χ2v) is 6.56. The summed E-state index contributed by atoms with van der Waals surface area (Å²) in [5, 5.41) is 0. The summed E-state index contributed by atoms with van der Waals surface area (Å²) in [5.41, 5.74) is 7.12. The van der Waals surface area contributed by atoms with Gasteiger partial charge in [-0.25, -0.2) is 0 Å². The van der Waals surface area contributed by atoms with E-state index in [2.05, 4.69) is 28.9 Å². The summed E-state index contributed by atoms with van der Waals surface area (Å²) in [4.78, 5) is 0.